The van der Waals surface area contributed by atoms with Gasteiger partial charge in [-0.05, 0) is 6.08 Å². The normalized spacial score (nSPS) is 6.78. The number of carbonyl (C=O) groups is 1. The Morgan fingerprint density at radius 1 is 1.67 bits per heavy atom. The van der Waals surface area contributed by atoms with E-state index in [-0.39, 0.29) is 17.2 Å². The number of esters is 1. The summed E-state index contributed by atoms with van der Waals surface area (Å²) in [5, 5.41) is 0. The second kappa shape index (κ2) is 5.05. The van der Waals surface area contributed by atoms with E-state index in [1.807, 2.05) is 0 Å². The fourth-order valence-electron chi connectivity index (χ4n) is 0.226. The van der Waals surface area contributed by atoms with Crippen LogP contribution in [0.1, 0.15) is 6.92 Å². The Kier molecular flexibility index (Phi) is 6.07. The molecule has 0 rings (SSSR count). The molecule has 0 bridgehead atoms. The smallest absolute Gasteiger partial charge is 0.308 e. The second-order valence-corrected chi connectivity index (χ2v) is 1.26. The van der Waals surface area contributed by atoms with Crippen LogP contribution >= 0.6 is 0 Å². The summed E-state index contributed by atoms with van der Waals surface area (Å²) in [6, 6.07) is 0. The minimum Gasteiger partial charge on any atom is -0.427 e. The highest BCUT2D eigenvalue weighted by atomic mass is 16.5. The third-order valence-corrected chi connectivity index (χ3v) is 0.502. The van der Waals surface area contributed by atoms with Crippen molar-refractivity contribution in [3.63, 3.8) is 0 Å². The lowest BCUT2D eigenvalue weighted by Gasteiger charge is -1.95. The molecule has 0 aliphatic rings. The summed E-state index contributed by atoms with van der Waals surface area (Å²) in [6.07, 6.45) is 1.38. The molecule has 0 atom stereocenters. The van der Waals surface area contributed by atoms with Crippen molar-refractivity contribution in [2.75, 3.05) is 0 Å². The van der Waals surface area contributed by atoms with E-state index in [1.54, 1.807) is 0 Å². The van der Waals surface area contributed by atoms with Crippen LogP contribution in [0.4, 0.5) is 0 Å². The lowest BCUT2D eigenvalue weighted by Crippen LogP contribution is -1.94. The zero-order valence-electron chi connectivity index (χ0n) is 5.31. The molecule has 0 heterocycles. The molecular weight excluding hydrogens is 120 g/mol. The van der Waals surface area contributed by atoms with Gasteiger partial charge in [0, 0.05) is 6.92 Å². The van der Waals surface area contributed by atoms with Gasteiger partial charge in [0.15, 0.2) is 0 Å². The highest BCUT2D eigenvalue weighted by molar-refractivity contribution is 5.67. The number of carbonyl (C=O) groups excluding carboxylic acids is 1. The van der Waals surface area contributed by atoms with Crippen LogP contribution in [-0.4, -0.2) is 11.4 Å². The molecular formula is C6H10O3. The molecule has 0 aromatic rings. The topological polar surface area (TPSA) is 57.8 Å². The third kappa shape index (κ3) is 6.91. The quantitative estimate of drug-likeness (QED) is 0.309. The van der Waals surface area contributed by atoms with E-state index >= 15 is 0 Å². The molecule has 2 N–H and O–H groups in total. The molecule has 0 saturated carbocycles. The molecule has 3 nitrogen and oxygen atoms in total. The molecule has 0 radical (unpaired) electrons. The average Bonchev–Trinajstić information content (AvgIpc) is 1.65. The highest BCUT2D eigenvalue weighted by Crippen LogP contribution is 1.92. The Morgan fingerprint density at radius 2 is 2.11 bits per heavy atom. The van der Waals surface area contributed by atoms with Crippen molar-refractivity contribution in [1.29, 1.82) is 0 Å². The molecule has 0 aromatic heterocycles. The van der Waals surface area contributed by atoms with Gasteiger partial charge in [0.1, 0.15) is 5.76 Å². The van der Waals surface area contributed by atoms with Gasteiger partial charge in [0.2, 0.25) is 0 Å². The molecule has 9 heavy (non-hydrogen) atoms. The zero-order valence-corrected chi connectivity index (χ0v) is 5.31. The molecule has 0 amide bonds. The SMILES string of the molecule is C=CC(=C)OC(C)=O.O. The van der Waals surface area contributed by atoms with Gasteiger partial charge in [0.25, 0.3) is 0 Å². The Morgan fingerprint density at radius 3 is 2.22 bits per heavy atom. The Labute approximate surface area is 53.9 Å². The van der Waals surface area contributed by atoms with Crippen LogP contribution in [0.25, 0.3) is 0 Å². The summed E-state index contributed by atoms with van der Waals surface area (Å²) >= 11 is 0. The van der Waals surface area contributed by atoms with Gasteiger partial charge in [-0.15, -0.1) is 0 Å². The molecule has 0 unspecified atom stereocenters. The van der Waals surface area contributed by atoms with E-state index in [2.05, 4.69) is 17.9 Å². The molecule has 0 saturated heterocycles. The largest absolute Gasteiger partial charge is 0.427 e. The second-order valence-electron chi connectivity index (χ2n) is 1.26. The summed E-state index contributed by atoms with van der Waals surface area (Å²) in [5.41, 5.74) is 0. The maximum Gasteiger partial charge on any atom is 0.308 e. The highest BCUT2D eigenvalue weighted by Gasteiger charge is 1.90. The van der Waals surface area contributed by atoms with Crippen LogP contribution in [0, 0.1) is 0 Å². The van der Waals surface area contributed by atoms with E-state index in [0.29, 0.717) is 0 Å². The standard InChI is InChI=1S/C6H8O2.H2O/c1-4-5(2)8-6(3)7;/h4H,1-2H2,3H3;1H2. The molecule has 52 valence electrons. The van der Waals surface area contributed by atoms with E-state index in [9.17, 15) is 4.79 Å². The van der Waals surface area contributed by atoms with Gasteiger partial charge in [-0.2, -0.15) is 0 Å². The molecule has 0 fully saturated rings. The van der Waals surface area contributed by atoms with Crippen LogP contribution < -0.4 is 0 Å². The van der Waals surface area contributed by atoms with Gasteiger partial charge < -0.3 is 10.2 Å². The molecule has 0 aliphatic heterocycles. The van der Waals surface area contributed by atoms with Crippen molar-refractivity contribution < 1.29 is 15.0 Å². The number of ether oxygens (including phenoxy) is 1. The van der Waals surface area contributed by atoms with Crippen molar-refractivity contribution >= 4 is 5.97 Å². The minimum absolute atomic E-state index is 0. The Balaban J connectivity index is 0. The lowest BCUT2D eigenvalue weighted by molar-refractivity contribution is -0.136. The first-order valence-corrected chi connectivity index (χ1v) is 2.16. The summed E-state index contributed by atoms with van der Waals surface area (Å²) in [6.45, 7) is 8.00. The molecule has 0 aliphatic carbocycles. The Bertz CT molecular complexity index is 126. The van der Waals surface area contributed by atoms with E-state index in [1.165, 1.54) is 13.0 Å². The maximum absolute atomic E-state index is 10.1. The van der Waals surface area contributed by atoms with Gasteiger partial charge in [-0.3, -0.25) is 4.79 Å². The monoisotopic (exact) mass is 130 g/mol. The Hall–Kier alpha value is -1.09. The van der Waals surface area contributed by atoms with Crippen LogP contribution in [0.15, 0.2) is 25.0 Å². The van der Waals surface area contributed by atoms with Crippen molar-refractivity contribution in [2.45, 2.75) is 6.92 Å². The third-order valence-electron chi connectivity index (χ3n) is 0.502. The summed E-state index contributed by atoms with van der Waals surface area (Å²) in [5.74, 6) is -0.0765. The van der Waals surface area contributed by atoms with Gasteiger partial charge in [-0.25, -0.2) is 0 Å². The maximum atomic E-state index is 10.1. The zero-order chi connectivity index (χ0) is 6.57. The first-order valence-electron chi connectivity index (χ1n) is 2.16. The number of hydrogen-bond acceptors (Lipinski definition) is 2. The van der Waals surface area contributed by atoms with Crippen LogP contribution in [-0.2, 0) is 9.53 Å². The van der Waals surface area contributed by atoms with Crippen molar-refractivity contribution in [3.8, 4) is 0 Å². The van der Waals surface area contributed by atoms with Crippen LogP contribution in [0.5, 0.6) is 0 Å². The van der Waals surface area contributed by atoms with Crippen LogP contribution in [0.2, 0.25) is 0 Å². The number of rotatable bonds is 2. The fraction of sp³-hybridized carbons (Fsp3) is 0.167. The lowest BCUT2D eigenvalue weighted by atomic mass is 10.5. The van der Waals surface area contributed by atoms with E-state index in [4.69, 9.17) is 0 Å². The van der Waals surface area contributed by atoms with Crippen LogP contribution in [0.3, 0.4) is 0 Å². The van der Waals surface area contributed by atoms with Gasteiger partial charge in [-0.1, -0.05) is 13.2 Å². The fourth-order valence-corrected chi connectivity index (χ4v) is 0.226. The van der Waals surface area contributed by atoms with E-state index < -0.39 is 0 Å². The number of allylic oxidation sites excluding steroid dienone is 1. The first-order chi connectivity index (χ1) is 3.66. The average molecular weight is 130 g/mol. The predicted octanol–water partition coefficient (Wildman–Crippen LogP) is 0.424. The van der Waals surface area contributed by atoms with Crippen molar-refractivity contribution in [3.05, 3.63) is 25.0 Å². The summed E-state index contributed by atoms with van der Waals surface area (Å²) in [7, 11) is 0. The number of hydrogen-bond donors (Lipinski definition) is 0. The van der Waals surface area contributed by atoms with Crippen molar-refractivity contribution in [2.24, 2.45) is 0 Å². The molecule has 0 aromatic carbocycles. The summed E-state index contributed by atoms with van der Waals surface area (Å²) < 4.78 is 4.45. The predicted molar refractivity (Wildman–Crippen MR) is 34.7 cm³/mol. The van der Waals surface area contributed by atoms with Crippen molar-refractivity contribution in [1.82, 2.24) is 0 Å². The summed E-state index contributed by atoms with van der Waals surface area (Å²) in [4.78, 5) is 10.1. The van der Waals surface area contributed by atoms with Gasteiger partial charge >= 0.3 is 5.97 Å². The molecule has 0 spiro atoms. The first kappa shape index (κ1) is 10.8. The molecule has 3 heteroatoms. The minimum atomic E-state index is -0.366. The van der Waals surface area contributed by atoms with E-state index in [0.717, 1.165) is 0 Å². The van der Waals surface area contributed by atoms with Gasteiger partial charge in [0.05, 0.1) is 0 Å².